The molecule has 1 aromatic carbocycles. The predicted octanol–water partition coefficient (Wildman–Crippen LogP) is 0.340. The van der Waals surface area contributed by atoms with E-state index in [4.69, 9.17) is 16.3 Å². The van der Waals surface area contributed by atoms with Crippen molar-refractivity contribution >= 4 is 17.5 Å². The second-order valence-electron chi connectivity index (χ2n) is 5.29. The van der Waals surface area contributed by atoms with Crippen molar-refractivity contribution in [3.05, 3.63) is 28.8 Å². The molecule has 2 heterocycles. The quantitative estimate of drug-likeness (QED) is 0.752. The van der Waals surface area contributed by atoms with Crippen molar-refractivity contribution in [2.24, 2.45) is 5.92 Å². The van der Waals surface area contributed by atoms with Crippen molar-refractivity contribution in [1.82, 2.24) is 10.6 Å². The van der Waals surface area contributed by atoms with Gasteiger partial charge in [0, 0.05) is 37.0 Å². The summed E-state index contributed by atoms with van der Waals surface area (Å²) in [5, 5.41) is 16.3. The third kappa shape index (κ3) is 2.75. The Labute approximate surface area is 122 Å². The number of benzene rings is 1. The van der Waals surface area contributed by atoms with Crippen LogP contribution >= 0.6 is 11.6 Å². The molecule has 3 atom stereocenters. The summed E-state index contributed by atoms with van der Waals surface area (Å²) in [5.74, 6) is 0.644. The van der Waals surface area contributed by atoms with Crippen molar-refractivity contribution in [3.8, 4) is 5.75 Å². The number of nitrogens with one attached hydrogen (secondary N) is 2. The molecule has 2 aliphatic heterocycles. The van der Waals surface area contributed by atoms with Gasteiger partial charge in [-0.25, -0.2) is 0 Å². The summed E-state index contributed by atoms with van der Waals surface area (Å²) in [6.45, 7) is 1.77. The number of ether oxygens (including phenoxy) is 1. The summed E-state index contributed by atoms with van der Waals surface area (Å²) in [6.07, 6.45) is -0.363. The molecule has 0 aromatic heterocycles. The van der Waals surface area contributed by atoms with Crippen molar-refractivity contribution in [2.45, 2.75) is 18.6 Å². The van der Waals surface area contributed by atoms with Crippen LogP contribution in [0.2, 0.25) is 5.02 Å². The summed E-state index contributed by atoms with van der Waals surface area (Å²) in [7, 11) is 0. The van der Waals surface area contributed by atoms with E-state index in [9.17, 15) is 9.90 Å². The Bertz CT molecular complexity index is 523. The van der Waals surface area contributed by atoms with E-state index >= 15 is 0 Å². The molecule has 5 nitrogen and oxygen atoms in total. The van der Waals surface area contributed by atoms with Gasteiger partial charge in [-0.05, 0) is 23.8 Å². The van der Waals surface area contributed by atoms with Crippen LogP contribution in [0.15, 0.2) is 18.2 Å². The summed E-state index contributed by atoms with van der Waals surface area (Å²) in [4.78, 5) is 12.1. The van der Waals surface area contributed by atoms with Crippen LogP contribution in [0.3, 0.4) is 0 Å². The molecule has 0 spiro atoms. The molecule has 6 heteroatoms. The molecule has 1 fully saturated rings. The number of halogens is 1. The van der Waals surface area contributed by atoms with Crippen LogP contribution in [0, 0.1) is 5.92 Å². The van der Waals surface area contributed by atoms with Gasteiger partial charge in [0.15, 0.2) is 6.10 Å². The first-order valence-electron chi connectivity index (χ1n) is 6.75. The van der Waals surface area contributed by atoms with Crippen LogP contribution in [-0.2, 0) is 11.2 Å². The van der Waals surface area contributed by atoms with Crippen molar-refractivity contribution < 1.29 is 14.6 Å². The van der Waals surface area contributed by atoms with Crippen molar-refractivity contribution in [2.75, 3.05) is 19.6 Å². The normalized spacial score (nSPS) is 28.0. The highest BCUT2D eigenvalue weighted by Gasteiger charge is 2.31. The predicted molar refractivity (Wildman–Crippen MR) is 74.9 cm³/mol. The zero-order valence-corrected chi connectivity index (χ0v) is 11.7. The minimum Gasteiger partial charge on any atom is -0.480 e. The monoisotopic (exact) mass is 296 g/mol. The maximum absolute atomic E-state index is 12.1. The third-order valence-electron chi connectivity index (χ3n) is 3.83. The van der Waals surface area contributed by atoms with E-state index in [0.717, 1.165) is 17.9 Å². The van der Waals surface area contributed by atoms with Crippen LogP contribution in [0.4, 0.5) is 0 Å². The topological polar surface area (TPSA) is 70.6 Å². The highest BCUT2D eigenvalue weighted by Crippen LogP contribution is 2.31. The van der Waals surface area contributed by atoms with E-state index in [2.05, 4.69) is 10.6 Å². The van der Waals surface area contributed by atoms with Gasteiger partial charge >= 0.3 is 0 Å². The molecule has 0 aliphatic carbocycles. The number of carbonyl (C=O) groups excluding carboxylic acids is 1. The van der Waals surface area contributed by atoms with Gasteiger partial charge in [0.05, 0.1) is 6.10 Å². The van der Waals surface area contributed by atoms with E-state index in [0.29, 0.717) is 24.5 Å². The van der Waals surface area contributed by atoms with Crippen LogP contribution in [0.5, 0.6) is 5.75 Å². The Morgan fingerprint density at radius 3 is 3.10 bits per heavy atom. The maximum Gasteiger partial charge on any atom is 0.261 e. The molecule has 0 saturated carbocycles. The first-order valence-corrected chi connectivity index (χ1v) is 7.13. The average Bonchev–Trinajstić information content (AvgIpc) is 3.01. The number of fused-ring (bicyclic) bond motifs is 1. The standard InChI is InChI=1S/C14H17ClN2O3/c15-10-1-2-12-8(3-10)4-13(20-12)14(19)17-6-9-5-16-7-11(9)18/h1-3,9,11,13,16,18H,4-7H2,(H,17,19). The first kappa shape index (κ1) is 13.7. The second-order valence-corrected chi connectivity index (χ2v) is 5.73. The van der Waals surface area contributed by atoms with Crippen LogP contribution in [-0.4, -0.2) is 42.9 Å². The Hall–Kier alpha value is -1.30. The number of aliphatic hydroxyl groups is 1. The molecule has 1 amide bonds. The smallest absolute Gasteiger partial charge is 0.261 e. The summed E-state index contributed by atoms with van der Waals surface area (Å²) in [6, 6.07) is 5.37. The zero-order chi connectivity index (χ0) is 14.1. The number of amides is 1. The van der Waals surface area contributed by atoms with E-state index in [1.807, 2.05) is 6.07 Å². The van der Waals surface area contributed by atoms with Gasteiger partial charge in [-0.1, -0.05) is 11.6 Å². The fraction of sp³-hybridized carbons (Fsp3) is 0.500. The van der Waals surface area contributed by atoms with Crippen LogP contribution < -0.4 is 15.4 Å². The molecule has 3 N–H and O–H groups in total. The van der Waals surface area contributed by atoms with E-state index < -0.39 is 12.2 Å². The lowest BCUT2D eigenvalue weighted by Crippen LogP contribution is -2.41. The molecule has 1 saturated heterocycles. The number of hydrogen-bond acceptors (Lipinski definition) is 4. The Kier molecular flexibility index (Phi) is 3.83. The third-order valence-corrected chi connectivity index (χ3v) is 4.07. The zero-order valence-electron chi connectivity index (χ0n) is 10.9. The van der Waals surface area contributed by atoms with Gasteiger partial charge in [-0.15, -0.1) is 0 Å². The van der Waals surface area contributed by atoms with E-state index in [-0.39, 0.29) is 11.8 Å². The summed E-state index contributed by atoms with van der Waals surface area (Å²) >= 11 is 5.92. The van der Waals surface area contributed by atoms with Crippen molar-refractivity contribution in [3.63, 3.8) is 0 Å². The molecule has 2 aliphatic rings. The second kappa shape index (κ2) is 5.60. The summed E-state index contributed by atoms with van der Waals surface area (Å²) < 4.78 is 5.62. The Morgan fingerprint density at radius 2 is 2.35 bits per heavy atom. The number of hydrogen-bond donors (Lipinski definition) is 3. The van der Waals surface area contributed by atoms with Gasteiger partial charge in [0.1, 0.15) is 5.75 Å². The lowest BCUT2D eigenvalue weighted by molar-refractivity contribution is -0.127. The van der Waals surface area contributed by atoms with E-state index in [1.165, 1.54) is 0 Å². The van der Waals surface area contributed by atoms with Gasteiger partial charge < -0.3 is 20.5 Å². The van der Waals surface area contributed by atoms with Gasteiger partial charge in [-0.3, -0.25) is 4.79 Å². The molecule has 1 aromatic rings. The highest BCUT2D eigenvalue weighted by atomic mass is 35.5. The molecule has 20 heavy (non-hydrogen) atoms. The average molecular weight is 297 g/mol. The number of rotatable bonds is 3. The molecule has 0 bridgehead atoms. The lowest BCUT2D eigenvalue weighted by atomic mass is 10.1. The number of β-amino-alcohol motifs (C(OH)–C–C–N with tert-alkyl or cyclic N) is 1. The maximum atomic E-state index is 12.1. The Balaban J connectivity index is 1.54. The van der Waals surface area contributed by atoms with E-state index in [1.54, 1.807) is 12.1 Å². The summed E-state index contributed by atoms with van der Waals surface area (Å²) in [5.41, 5.74) is 0.959. The SMILES string of the molecule is O=C(NCC1CNCC1O)C1Cc2cc(Cl)ccc2O1. The highest BCUT2D eigenvalue weighted by molar-refractivity contribution is 6.30. The molecule has 3 unspecified atom stereocenters. The van der Waals surface area contributed by atoms with Crippen molar-refractivity contribution in [1.29, 1.82) is 0 Å². The van der Waals surface area contributed by atoms with Gasteiger partial charge in [0.25, 0.3) is 5.91 Å². The molecule has 0 radical (unpaired) electrons. The lowest BCUT2D eigenvalue weighted by Gasteiger charge is -2.16. The minimum atomic E-state index is -0.505. The van der Waals surface area contributed by atoms with Gasteiger partial charge in [-0.2, -0.15) is 0 Å². The largest absolute Gasteiger partial charge is 0.480 e. The molecule has 108 valence electrons. The van der Waals surface area contributed by atoms with Crippen LogP contribution in [0.25, 0.3) is 0 Å². The molecular formula is C14H17ClN2O3. The molecular weight excluding hydrogens is 280 g/mol. The fourth-order valence-corrected chi connectivity index (χ4v) is 2.83. The minimum absolute atomic E-state index is 0.0668. The fourth-order valence-electron chi connectivity index (χ4n) is 2.64. The molecule has 3 rings (SSSR count). The van der Waals surface area contributed by atoms with Crippen LogP contribution in [0.1, 0.15) is 5.56 Å². The number of carbonyl (C=O) groups is 1. The Morgan fingerprint density at radius 1 is 1.50 bits per heavy atom. The van der Waals surface area contributed by atoms with Gasteiger partial charge in [0.2, 0.25) is 0 Å². The number of aliphatic hydroxyl groups excluding tert-OH is 1. The first-order chi connectivity index (χ1) is 9.63.